The number of anilines is 1. The van der Waals surface area contributed by atoms with Crippen LogP contribution in [-0.4, -0.2) is 5.54 Å². The van der Waals surface area contributed by atoms with E-state index in [1.54, 1.807) is 0 Å². The van der Waals surface area contributed by atoms with Crippen molar-refractivity contribution < 1.29 is 0 Å². The molecule has 0 heterocycles. The molecule has 0 spiro atoms. The molecule has 0 unspecified atom stereocenters. The van der Waals surface area contributed by atoms with E-state index in [4.69, 9.17) is 0 Å². The van der Waals surface area contributed by atoms with Gasteiger partial charge >= 0.3 is 0 Å². The topological polar surface area (TPSA) is 12.0 Å². The third-order valence-electron chi connectivity index (χ3n) is 5.30. The predicted octanol–water partition coefficient (Wildman–Crippen LogP) is 7.17. The lowest BCUT2D eigenvalue weighted by atomic mass is 9.86. The molecule has 0 aliphatic rings. The Morgan fingerprint density at radius 3 is 2.22 bits per heavy atom. The Balaban J connectivity index is 2.11. The summed E-state index contributed by atoms with van der Waals surface area (Å²) in [6.45, 7) is 6.94. The molecule has 2 aromatic carbocycles. The van der Waals surface area contributed by atoms with E-state index in [1.165, 1.54) is 67.8 Å². The standard InChI is InChI=1S/C22H33N/c1-4-7-8-9-12-18-22(5-2,6-3)23-21-17-13-15-19-14-10-11-16-20(19)21/h10-11,13-17,23H,4-9,12,18H2,1-3H3. The maximum atomic E-state index is 3.93. The summed E-state index contributed by atoms with van der Waals surface area (Å²) in [5.41, 5.74) is 1.52. The molecule has 2 rings (SSSR count). The lowest BCUT2D eigenvalue weighted by Gasteiger charge is -2.35. The molecule has 0 aromatic heterocycles. The first kappa shape index (κ1) is 17.8. The first-order chi connectivity index (χ1) is 11.2. The number of rotatable bonds is 10. The van der Waals surface area contributed by atoms with Crippen molar-refractivity contribution in [3.63, 3.8) is 0 Å². The summed E-state index contributed by atoms with van der Waals surface area (Å²) >= 11 is 0. The Labute approximate surface area is 142 Å². The summed E-state index contributed by atoms with van der Waals surface area (Å²) in [6.07, 6.45) is 10.4. The quantitative estimate of drug-likeness (QED) is 0.458. The maximum absolute atomic E-state index is 3.93. The van der Waals surface area contributed by atoms with Crippen LogP contribution in [0.4, 0.5) is 5.69 Å². The van der Waals surface area contributed by atoms with Crippen molar-refractivity contribution in [1.29, 1.82) is 0 Å². The lowest BCUT2D eigenvalue weighted by Crippen LogP contribution is -2.37. The zero-order chi connectivity index (χ0) is 16.5. The average Bonchev–Trinajstić information content (AvgIpc) is 2.61. The van der Waals surface area contributed by atoms with E-state index < -0.39 is 0 Å². The number of unbranched alkanes of at least 4 members (excludes halogenated alkanes) is 4. The van der Waals surface area contributed by atoms with Crippen LogP contribution >= 0.6 is 0 Å². The van der Waals surface area contributed by atoms with E-state index in [0.29, 0.717) is 0 Å². The second-order valence-corrected chi connectivity index (χ2v) is 6.80. The van der Waals surface area contributed by atoms with Gasteiger partial charge in [0.05, 0.1) is 0 Å². The molecule has 1 N–H and O–H groups in total. The minimum atomic E-state index is 0.232. The maximum Gasteiger partial charge on any atom is 0.0424 e. The highest BCUT2D eigenvalue weighted by atomic mass is 15.0. The molecule has 0 aliphatic carbocycles. The SMILES string of the molecule is CCCCCCCC(CC)(CC)Nc1cccc2ccccc12. The zero-order valence-electron chi connectivity index (χ0n) is 15.2. The Hall–Kier alpha value is -1.50. The van der Waals surface area contributed by atoms with Crippen LogP contribution in [0.2, 0.25) is 0 Å². The van der Waals surface area contributed by atoms with Crippen molar-refractivity contribution in [3.8, 4) is 0 Å². The molecule has 23 heavy (non-hydrogen) atoms. The Bertz CT molecular complexity index is 578. The molecule has 0 amide bonds. The minimum absolute atomic E-state index is 0.232. The van der Waals surface area contributed by atoms with Crippen LogP contribution in [0.15, 0.2) is 42.5 Å². The van der Waals surface area contributed by atoms with Gasteiger partial charge in [-0.05, 0) is 30.7 Å². The largest absolute Gasteiger partial charge is 0.379 e. The van der Waals surface area contributed by atoms with Crippen LogP contribution in [0.3, 0.4) is 0 Å². The first-order valence-electron chi connectivity index (χ1n) is 9.50. The molecule has 2 aromatic rings. The summed E-state index contributed by atoms with van der Waals surface area (Å²) in [7, 11) is 0. The smallest absolute Gasteiger partial charge is 0.0424 e. The number of hydrogen-bond acceptors (Lipinski definition) is 1. The van der Waals surface area contributed by atoms with Crippen LogP contribution in [-0.2, 0) is 0 Å². The molecule has 1 heteroatoms. The summed E-state index contributed by atoms with van der Waals surface area (Å²) in [6, 6.07) is 15.3. The number of fused-ring (bicyclic) bond motifs is 1. The summed E-state index contributed by atoms with van der Waals surface area (Å²) in [4.78, 5) is 0. The van der Waals surface area contributed by atoms with E-state index in [-0.39, 0.29) is 5.54 Å². The van der Waals surface area contributed by atoms with Crippen LogP contribution < -0.4 is 5.32 Å². The molecule has 0 saturated heterocycles. The predicted molar refractivity (Wildman–Crippen MR) is 104 cm³/mol. The van der Waals surface area contributed by atoms with Gasteiger partial charge in [-0.2, -0.15) is 0 Å². The normalized spacial score (nSPS) is 11.8. The monoisotopic (exact) mass is 311 g/mol. The highest BCUT2D eigenvalue weighted by Crippen LogP contribution is 2.32. The number of hydrogen-bond donors (Lipinski definition) is 1. The fraction of sp³-hybridized carbons (Fsp3) is 0.545. The number of nitrogens with one attached hydrogen (secondary N) is 1. The van der Waals surface area contributed by atoms with E-state index in [0.717, 1.165) is 0 Å². The van der Waals surface area contributed by atoms with Crippen molar-refractivity contribution in [2.45, 2.75) is 77.7 Å². The fourth-order valence-electron chi connectivity index (χ4n) is 3.53. The van der Waals surface area contributed by atoms with Gasteiger partial charge in [0, 0.05) is 16.6 Å². The van der Waals surface area contributed by atoms with Crippen LogP contribution in [0.5, 0.6) is 0 Å². The summed E-state index contributed by atoms with van der Waals surface area (Å²) in [5.74, 6) is 0. The highest BCUT2D eigenvalue weighted by molar-refractivity contribution is 5.94. The number of benzene rings is 2. The lowest BCUT2D eigenvalue weighted by molar-refractivity contribution is 0.383. The Kier molecular flexibility index (Phi) is 6.95. The van der Waals surface area contributed by atoms with Crippen LogP contribution in [0.1, 0.15) is 72.1 Å². The molecule has 0 saturated carbocycles. The van der Waals surface area contributed by atoms with Gasteiger partial charge in [0.2, 0.25) is 0 Å². The van der Waals surface area contributed by atoms with Crippen LogP contribution in [0.25, 0.3) is 10.8 Å². The molecule has 0 aliphatic heterocycles. The fourth-order valence-corrected chi connectivity index (χ4v) is 3.53. The second-order valence-electron chi connectivity index (χ2n) is 6.80. The summed E-state index contributed by atoms with van der Waals surface area (Å²) in [5, 5.41) is 6.59. The highest BCUT2D eigenvalue weighted by Gasteiger charge is 2.25. The van der Waals surface area contributed by atoms with Gasteiger partial charge < -0.3 is 5.32 Å². The van der Waals surface area contributed by atoms with Gasteiger partial charge in [0.1, 0.15) is 0 Å². The van der Waals surface area contributed by atoms with Crippen molar-refractivity contribution >= 4 is 16.5 Å². The molecule has 126 valence electrons. The van der Waals surface area contributed by atoms with Gasteiger partial charge in [-0.25, -0.2) is 0 Å². The van der Waals surface area contributed by atoms with E-state index in [1.807, 2.05) is 0 Å². The van der Waals surface area contributed by atoms with Gasteiger partial charge in [-0.3, -0.25) is 0 Å². The molecule has 0 radical (unpaired) electrons. The molecule has 0 fully saturated rings. The van der Waals surface area contributed by atoms with E-state index in [9.17, 15) is 0 Å². The van der Waals surface area contributed by atoms with E-state index >= 15 is 0 Å². The molecular weight excluding hydrogens is 278 g/mol. The summed E-state index contributed by atoms with van der Waals surface area (Å²) < 4.78 is 0. The van der Waals surface area contributed by atoms with Crippen molar-refractivity contribution in [1.82, 2.24) is 0 Å². The molecule has 0 bridgehead atoms. The third-order valence-corrected chi connectivity index (χ3v) is 5.30. The van der Waals surface area contributed by atoms with E-state index in [2.05, 4.69) is 68.6 Å². The third kappa shape index (κ3) is 4.73. The van der Waals surface area contributed by atoms with Gasteiger partial charge in [0.15, 0.2) is 0 Å². The molecule has 0 atom stereocenters. The zero-order valence-corrected chi connectivity index (χ0v) is 15.2. The second kappa shape index (κ2) is 8.96. The average molecular weight is 312 g/mol. The minimum Gasteiger partial charge on any atom is -0.379 e. The van der Waals surface area contributed by atoms with Gasteiger partial charge in [-0.15, -0.1) is 0 Å². The molecular formula is C22H33N. The van der Waals surface area contributed by atoms with Crippen molar-refractivity contribution in [3.05, 3.63) is 42.5 Å². The van der Waals surface area contributed by atoms with Crippen molar-refractivity contribution in [2.24, 2.45) is 0 Å². The van der Waals surface area contributed by atoms with Crippen molar-refractivity contribution in [2.75, 3.05) is 5.32 Å². The Morgan fingerprint density at radius 1 is 0.783 bits per heavy atom. The Morgan fingerprint density at radius 2 is 1.48 bits per heavy atom. The van der Waals surface area contributed by atoms with Crippen LogP contribution in [0, 0.1) is 0 Å². The van der Waals surface area contributed by atoms with Gasteiger partial charge in [0.25, 0.3) is 0 Å². The first-order valence-corrected chi connectivity index (χ1v) is 9.50. The molecule has 1 nitrogen and oxygen atoms in total. The van der Waals surface area contributed by atoms with Gasteiger partial charge in [-0.1, -0.05) is 89.3 Å².